The highest BCUT2D eigenvalue weighted by atomic mass is 16.7. The normalized spacial score (nSPS) is 8.73. The second-order valence-corrected chi connectivity index (χ2v) is 1.82. The van der Waals surface area contributed by atoms with Crippen molar-refractivity contribution >= 4 is 12.3 Å². The molecule has 4 heteroatoms. The lowest BCUT2D eigenvalue weighted by Gasteiger charge is -2.00. The van der Waals surface area contributed by atoms with Crippen molar-refractivity contribution in [2.24, 2.45) is 0 Å². The van der Waals surface area contributed by atoms with E-state index >= 15 is 0 Å². The van der Waals surface area contributed by atoms with Crippen LogP contribution in [0.2, 0.25) is 0 Å². The first-order valence-corrected chi connectivity index (χ1v) is 3.28. The molecule has 62 valence electrons. The Balaban J connectivity index is 3.21. The average molecular weight is 157 g/mol. The quantitative estimate of drug-likeness (QED) is 0.259. The molecule has 4 nitrogen and oxygen atoms in total. The topological polar surface area (TPSA) is 55.4 Å². The summed E-state index contributed by atoms with van der Waals surface area (Å²) in [6, 6.07) is 0. The van der Waals surface area contributed by atoms with E-state index in [0.29, 0.717) is 12.8 Å². The molecule has 0 aliphatic rings. The Morgan fingerprint density at radius 3 is 2.91 bits per heavy atom. The van der Waals surface area contributed by atoms with Crippen molar-refractivity contribution in [1.29, 1.82) is 0 Å². The summed E-state index contributed by atoms with van der Waals surface area (Å²) < 4.78 is 0. The van der Waals surface area contributed by atoms with Crippen molar-refractivity contribution in [3.8, 4) is 0 Å². The van der Waals surface area contributed by atoms with Crippen LogP contribution in [0.1, 0.15) is 12.8 Å². The van der Waals surface area contributed by atoms with Crippen LogP contribution in [0.4, 0.5) is 0 Å². The fourth-order valence-electron chi connectivity index (χ4n) is 0.409. The molecule has 0 amide bonds. The zero-order valence-electron chi connectivity index (χ0n) is 6.21. The Hall–Kier alpha value is -1.16. The second-order valence-electron chi connectivity index (χ2n) is 1.82. The Labute approximate surface area is 65.2 Å². The highest BCUT2D eigenvalue weighted by molar-refractivity contribution is 5.72. The van der Waals surface area contributed by atoms with Gasteiger partial charge in [0.1, 0.15) is 6.29 Å². The van der Waals surface area contributed by atoms with E-state index in [1.54, 1.807) is 6.08 Å². The van der Waals surface area contributed by atoms with Crippen LogP contribution in [-0.2, 0) is 14.4 Å². The number of hydroxylamine groups is 1. The van der Waals surface area contributed by atoms with Gasteiger partial charge in [-0.1, -0.05) is 6.08 Å². The molecule has 0 saturated carbocycles. The fourth-order valence-corrected chi connectivity index (χ4v) is 0.409. The molecule has 0 fully saturated rings. The molecule has 0 heterocycles. The van der Waals surface area contributed by atoms with E-state index in [2.05, 4.69) is 16.9 Å². The summed E-state index contributed by atoms with van der Waals surface area (Å²) in [4.78, 5) is 24.9. The van der Waals surface area contributed by atoms with Crippen LogP contribution in [0.5, 0.6) is 0 Å². The van der Waals surface area contributed by atoms with Gasteiger partial charge in [-0.2, -0.15) is 0 Å². The third-order valence-electron chi connectivity index (χ3n) is 0.880. The molecule has 0 atom stereocenters. The SMILES string of the molecule is C=CCNOC(=O)CCC=O. The predicted molar refractivity (Wildman–Crippen MR) is 39.6 cm³/mol. The lowest BCUT2D eigenvalue weighted by molar-refractivity contribution is -0.151. The number of nitrogens with one attached hydrogen (secondary N) is 1. The van der Waals surface area contributed by atoms with Crippen molar-refractivity contribution in [3.63, 3.8) is 0 Å². The van der Waals surface area contributed by atoms with Gasteiger partial charge in [0.25, 0.3) is 0 Å². The van der Waals surface area contributed by atoms with E-state index in [1.165, 1.54) is 0 Å². The average Bonchev–Trinajstić information content (AvgIpc) is 2.01. The van der Waals surface area contributed by atoms with Crippen LogP contribution in [0.25, 0.3) is 0 Å². The summed E-state index contributed by atoms with van der Waals surface area (Å²) in [6.45, 7) is 3.82. The minimum Gasteiger partial charge on any atom is -0.370 e. The van der Waals surface area contributed by atoms with Crippen LogP contribution in [0.15, 0.2) is 12.7 Å². The van der Waals surface area contributed by atoms with E-state index in [1.807, 2.05) is 0 Å². The van der Waals surface area contributed by atoms with Gasteiger partial charge in [0, 0.05) is 13.0 Å². The summed E-state index contributed by atoms with van der Waals surface area (Å²) in [5.41, 5.74) is 2.36. The number of hydrogen-bond donors (Lipinski definition) is 1. The monoisotopic (exact) mass is 157 g/mol. The van der Waals surface area contributed by atoms with E-state index in [4.69, 9.17) is 0 Å². The third-order valence-corrected chi connectivity index (χ3v) is 0.880. The Morgan fingerprint density at radius 1 is 1.64 bits per heavy atom. The van der Waals surface area contributed by atoms with Gasteiger partial charge in [-0.25, -0.2) is 0 Å². The van der Waals surface area contributed by atoms with Gasteiger partial charge in [0.15, 0.2) is 0 Å². The van der Waals surface area contributed by atoms with Crippen LogP contribution in [0.3, 0.4) is 0 Å². The zero-order chi connectivity index (χ0) is 8.53. The largest absolute Gasteiger partial charge is 0.370 e. The summed E-state index contributed by atoms with van der Waals surface area (Å²) in [6.07, 6.45) is 2.56. The molecule has 0 aliphatic carbocycles. The van der Waals surface area contributed by atoms with E-state index < -0.39 is 5.97 Å². The van der Waals surface area contributed by atoms with E-state index in [9.17, 15) is 9.59 Å². The second kappa shape index (κ2) is 6.95. The number of carbonyl (C=O) groups excluding carboxylic acids is 2. The lowest BCUT2D eigenvalue weighted by Crippen LogP contribution is -2.19. The molecular formula is C7H11NO3. The number of hydrogen-bond acceptors (Lipinski definition) is 4. The summed E-state index contributed by atoms with van der Waals surface area (Å²) in [5, 5.41) is 0. The van der Waals surface area contributed by atoms with Crippen molar-refractivity contribution in [2.75, 3.05) is 6.54 Å². The number of rotatable bonds is 6. The van der Waals surface area contributed by atoms with Crippen LogP contribution in [0, 0.1) is 0 Å². The molecule has 0 aromatic rings. The van der Waals surface area contributed by atoms with Crippen molar-refractivity contribution < 1.29 is 14.4 Å². The predicted octanol–water partition coefficient (Wildman–Crippen LogP) is 0.199. The van der Waals surface area contributed by atoms with Gasteiger partial charge in [-0.15, -0.1) is 12.1 Å². The molecule has 0 saturated heterocycles. The maximum atomic E-state index is 10.6. The molecule has 0 radical (unpaired) electrons. The summed E-state index contributed by atoms with van der Waals surface area (Å²) in [7, 11) is 0. The van der Waals surface area contributed by atoms with E-state index in [-0.39, 0.29) is 12.8 Å². The number of aldehydes is 1. The third kappa shape index (κ3) is 6.73. The van der Waals surface area contributed by atoms with E-state index in [0.717, 1.165) is 0 Å². The molecule has 1 N–H and O–H groups in total. The molecule has 11 heavy (non-hydrogen) atoms. The highest BCUT2D eigenvalue weighted by Gasteiger charge is 1.99. The lowest BCUT2D eigenvalue weighted by atomic mass is 10.3. The van der Waals surface area contributed by atoms with Crippen LogP contribution in [-0.4, -0.2) is 18.8 Å². The molecule has 0 bridgehead atoms. The Morgan fingerprint density at radius 2 is 2.36 bits per heavy atom. The molecular weight excluding hydrogens is 146 g/mol. The van der Waals surface area contributed by atoms with Gasteiger partial charge in [0.05, 0.1) is 6.42 Å². The highest BCUT2D eigenvalue weighted by Crippen LogP contribution is 1.86. The first kappa shape index (κ1) is 9.84. The Kier molecular flexibility index (Phi) is 6.22. The minimum absolute atomic E-state index is 0.119. The molecule has 0 rings (SSSR count). The molecule has 0 aromatic carbocycles. The van der Waals surface area contributed by atoms with Crippen molar-refractivity contribution in [3.05, 3.63) is 12.7 Å². The fraction of sp³-hybridized carbons (Fsp3) is 0.429. The standard InChI is InChI=1S/C7H11NO3/c1-2-5-8-11-7(10)4-3-6-9/h2,6,8H,1,3-5H2. The van der Waals surface area contributed by atoms with Gasteiger partial charge in [-0.3, -0.25) is 4.79 Å². The summed E-state index contributed by atoms with van der Waals surface area (Å²) >= 11 is 0. The van der Waals surface area contributed by atoms with Gasteiger partial charge in [-0.05, 0) is 0 Å². The minimum atomic E-state index is -0.432. The van der Waals surface area contributed by atoms with Crippen molar-refractivity contribution in [1.82, 2.24) is 5.48 Å². The maximum absolute atomic E-state index is 10.6. The Bertz CT molecular complexity index is 145. The number of carbonyl (C=O) groups is 2. The summed E-state index contributed by atoms with van der Waals surface area (Å²) in [5.74, 6) is -0.432. The van der Waals surface area contributed by atoms with Crippen LogP contribution >= 0.6 is 0 Å². The van der Waals surface area contributed by atoms with Gasteiger partial charge in [0.2, 0.25) is 0 Å². The maximum Gasteiger partial charge on any atom is 0.325 e. The van der Waals surface area contributed by atoms with Gasteiger partial charge < -0.3 is 9.63 Å². The van der Waals surface area contributed by atoms with Crippen LogP contribution < -0.4 is 5.48 Å². The molecule has 0 aromatic heterocycles. The van der Waals surface area contributed by atoms with Gasteiger partial charge >= 0.3 is 5.97 Å². The first-order chi connectivity index (χ1) is 5.31. The molecule has 0 spiro atoms. The molecule has 0 unspecified atom stereocenters. The van der Waals surface area contributed by atoms with Crippen molar-refractivity contribution in [2.45, 2.75) is 12.8 Å². The zero-order valence-corrected chi connectivity index (χ0v) is 6.21. The smallest absolute Gasteiger partial charge is 0.325 e. The molecule has 0 aliphatic heterocycles. The first-order valence-electron chi connectivity index (χ1n) is 3.28.